The SMILES string of the molecule is Cc1cc(C(=O)NCC(C)C#N)ccc1F. The van der Waals surface area contributed by atoms with E-state index in [0.29, 0.717) is 17.7 Å². The highest BCUT2D eigenvalue weighted by molar-refractivity contribution is 5.94. The molecule has 0 saturated carbocycles. The Morgan fingerprint density at radius 1 is 1.62 bits per heavy atom. The molecule has 0 spiro atoms. The van der Waals surface area contributed by atoms with Crippen LogP contribution >= 0.6 is 0 Å². The van der Waals surface area contributed by atoms with E-state index in [0.717, 1.165) is 0 Å². The molecule has 0 aliphatic heterocycles. The summed E-state index contributed by atoms with van der Waals surface area (Å²) in [6, 6.07) is 6.19. The van der Waals surface area contributed by atoms with Crippen LogP contribution in [0.25, 0.3) is 0 Å². The summed E-state index contributed by atoms with van der Waals surface area (Å²) in [5.74, 6) is -0.849. The van der Waals surface area contributed by atoms with Crippen LogP contribution < -0.4 is 5.32 Å². The monoisotopic (exact) mass is 220 g/mol. The van der Waals surface area contributed by atoms with Gasteiger partial charge >= 0.3 is 0 Å². The van der Waals surface area contributed by atoms with E-state index in [1.165, 1.54) is 18.2 Å². The van der Waals surface area contributed by atoms with Crippen molar-refractivity contribution in [2.45, 2.75) is 13.8 Å². The van der Waals surface area contributed by atoms with Crippen LogP contribution in [0.1, 0.15) is 22.8 Å². The number of nitrogens with one attached hydrogen (secondary N) is 1. The summed E-state index contributed by atoms with van der Waals surface area (Å²) in [4.78, 5) is 11.6. The number of hydrogen-bond donors (Lipinski definition) is 1. The van der Waals surface area contributed by atoms with Crippen molar-refractivity contribution in [2.24, 2.45) is 5.92 Å². The maximum atomic E-state index is 13.0. The maximum absolute atomic E-state index is 13.0. The Bertz CT molecular complexity index is 437. The predicted octanol–water partition coefficient (Wildman–Crippen LogP) is 2.02. The van der Waals surface area contributed by atoms with Gasteiger partial charge in [-0.2, -0.15) is 5.26 Å². The van der Waals surface area contributed by atoms with Crippen LogP contribution in [0.5, 0.6) is 0 Å². The molecule has 0 bridgehead atoms. The largest absolute Gasteiger partial charge is 0.351 e. The van der Waals surface area contributed by atoms with Crippen molar-refractivity contribution >= 4 is 5.91 Å². The van der Waals surface area contributed by atoms with E-state index in [-0.39, 0.29) is 17.6 Å². The minimum Gasteiger partial charge on any atom is -0.351 e. The Kier molecular flexibility index (Phi) is 4.01. The highest BCUT2D eigenvalue weighted by Gasteiger charge is 2.08. The molecule has 16 heavy (non-hydrogen) atoms. The zero-order valence-electron chi connectivity index (χ0n) is 9.25. The van der Waals surface area contributed by atoms with Gasteiger partial charge < -0.3 is 5.32 Å². The molecule has 1 aromatic carbocycles. The van der Waals surface area contributed by atoms with Crippen molar-refractivity contribution in [2.75, 3.05) is 6.54 Å². The molecule has 0 radical (unpaired) electrons. The number of carbonyl (C=O) groups excluding carboxylic acids is 1. The second-order valence-corrected chi connectivity index (χ2v) is 3.70. The van der Waals surface area contributed by atoms with Gasteiger partial charge in [-0.15, -0.1) is 0 Å². The zero-order valence-corrected chi connectivity index (χ0v) is 9.25. The van der Waals surface area contributed by atoms with Gasteiger partial charge in [-0.25, -0.2) is 4.39 Å². The van der Waals surface area contributed by atoms with Crippen molar-refractivity contribution in [1.29, 1.82) is 5.26 Å². The smallest absolute Gasteiger partial charge is 0.251 e. The normalized spacial score (nSPS) is 11.6. The molecular formula is C12H13FN2O. The van der Waals surface area contributed by atoms with E-state index in [9.17, 15) is 9.18 Å². The molecule has 1 aromatic rings. The van der Waals surface area contributed by atoms with Crippen molar-refractivity contribution in [3.63, 3.8) is 0 Å². The molecule has 0 aliphatic rings. The van der Waals surface area contributed by atoms with Gasteiger partial charge in [0.15, 0.2) is 0 Å². The second-order valence-electron chi connectivity index (χ2n) is 3.70. The van der Waals surface area contributed by atoms with E-state index in [4.69, 9.17) is 5.26 Å². The molecule has 4 heteroatoms. The molecule has 3 nitrogen and oxygen atoms in total. The van der Waals surface area contributed by atoms with Crippen molar-refractivity contribution < 1.29 is 9.18 Å². The van der Waals surface area contributed by atoms with Gasteiger partial charge in [0.2, 0.25) is 0 Å². The number of carbonyl (C=O) groups is 1. The van der Waals surface area contributed by atoms with Gasteiger partial charge in [-0.3, -0.25) is 4.79 Å². The van der Waals surface area contributed by atoms with Crippen molar-refractivity contribution in [3.8, 4) is 6.07 Å². The summed E-state index contributed by atoms with van der Waals surface area (Å²) in [6.45, 7) is 3.62. The molecule has 0 heterocycles. The van der Waals surface area contributed by atoms with Crippen LogP contribution in [0, 0.1) is 30.0 Å². The third kappa shape index (κ3) is 3.06. The Balaban J connectivity index is 2.67. The second kappa shape index (κ2) is 5.26. The van der Waals surface area contributed by atoms with Crippen LogP contribution in [0.4, 0.5) is 4.39 Å². The van der Waals surface area contributed by atoms with Gasteiger partial charge in [-0.1, -0.05) is 0 Å². The number of rotatable bonds is 3. The quantitative estimate of drug-likeness (QED) is 0.847. The highest BCUT2D eigenvalue weighted by Crippen LogP contribution is 2.09. The fourth-order valence-corrected chi connectivity index (χ4v) is 1.18. The van der Waals surface area contributed by atoms with E-state index >= 15 is 0 Å². The number of nitriles is 1. The molecule has 0 fully saturated rings. The summed E-state index contributed by atoms with van der Waals surface area (Å²) < 4.78 is 13.0. The van der Waals surface area contributed by atoms with Gasteiger partial charge in [0, 0.05) is 12.1 Å². The van der Waals surface area contributed by atoms with E-state index in [2.05, 4.69) is 5.32 Å². The van der Waals surface area contributed by atoms with Gasteiger partial charge in [-0.05, 0) is 37.6 Å². The average Bonchev–Trinajstić information content (AvgIpc) is 2.29. The van der Waals surface area contributed by atoms with Gasteiger partial charge in [0.1, 0.15) is 5.82 Å². The lowest BCUT2D eigenvalue weighted by Gasteiger charge is -2.06. The number of amides is 1. The topological polar surface area (TPSA) is 52.9 Å². The summed E-state index contributed by atoms with van der Waals surface area (Å²) >= 11 is 0. The molecule has 1 atom stereocenters. The molecule has 0 aliphatic carbocycles. The maximum Gasteiger partial charge on any atom is 0.251 e. The summed E-state index contributed by atoms with van der Waals surface area (Å²) in [7, 11) is 0. The summed E-state index contributed by atoms with van der Waals surface area (Å²) in [6.07, 6.45) is 0. The van der Waals surface area contributed by atoms with E-state index in [1.807, 2.05) is 6.07 Å². The minimum absolute atomic E-state index is 0.231. The molecule has 1 rings (SSSR count). The molecule has 84 valence electrons. The Morgan fingerprint density at radius 3 is 2.88 bits per heavy atom. The lowest BCUT2D eigenvalue weighted by Crippen LogP contribution is -2.27. The van der Waals surface area contributed by atoms with Crippen LogP contribution in [-0.4, -0.2) is 12.5 Å². The Hall–Kier alpha value is -1.89. The number of nitrogens with zero attached hydrogens (tertiary/aromatic N) is 1. The standard InChI is InChI=1S/C12H13FN2O/c1-8(6-14)7-15-12(16)10-3-4-11(13)9(2)5-10/h3-5,8H,7H2,1-2H3,(H,15,16). The van der Waals surface area contributed by atoms with E-state index < -0.39 is 0 Å². The average molecular weight is 220 g/mol. The molecular weight excluding hydrogens is 207 g/mol. The van der Waals surface area contributed by atoms with Crippen LogP contribution in [0.2, 0.25) is 0 Å². The fraction of sp³-hybridized carbons (Fsp3) is 0.333. The summed E-state index contributed by atoms with van der Waals surface area (Å²) in [5, 5.41) is 11.2. The predicted molar refractivity (Wildman–Crippen MR) is 58.2 cm³/mol. The number of aryl methyl sites for hydroxylation is 1. The van der Waals surface area contributed by atoms with Crippen molar-refractivity contribution in [3.05, 3.63) is 35.1 Å². The first kappa shape index (κ1) is 12.2. The Morgan fingerprint density at radius 2 is 2.31 bits per heavy atom. The third-order valence-corrected chi connectivity index (χ3v) is 2.21. The minimum atomic E-state index is -0.332. The number of halogens is 1. The van der Waals surface area contributed by atoms with Crippen molar-refractivity contribution in [1.82, 2.24) is 5.32 Å². The van der Waals surface area contributed by atoms with Gasteiger partial charge in [0.25, 0.3) is 5.91 Å². The van der Waals surface area contributed by atoms with Crippen LogP contribution in [0.3, 0.4) is 0 Å². The molecule has 0 aromatic heterocycles. The van der Waals surface area contributed by atoms with Crippen LogP contribution in [-0.2, 0) is 0 Å². The molecule has 1 amide bonds. The molecule has 1 unspecified atom stereocenters. The fourth-order valence-electron chi connectivity index (χ4n) is 1.18. The first-order valence-electron chi connectivity index (χ1n) is 4.98. The first-order chi connectivity index (χ1) is 7.54. The molecule has 0 saturated heterocycles. The Labute approximate surface area is 93.9 Å². The molecule has 1 N–H and O–H groups in total. The number of hydrogen-bond acceptors (Lipinski definition) is 2. The van der Waals surface area contributed by atoms with Gasteiger partial charge in [0.05, 0.1) is 12.0 Å². The number of benzene rings is 1. The first-order valence-corrected chi connectivity index (χ1v) is 4.98. The van der Waals surface area contributed by atoms with Crippen LogP contribution in [0.15, 0.2) is 18.2 Å². The lowest BCUT2D eigenvalue weighted by atomic mass is 10.1. The lowest BCUT2D eigenvalue weighted by molar-refractivity contribution is 0.0950. The highest BCUT2D eigenvalue weighted by atomic mass is 19.1. The third-order valence-electron chi connectivity index (χ3n) is 2.21. The summed E-state index contributed by atoms with van der Waals surface area (Å²) in [5.41, 5.74) is 0.838. The van der Waals surface area contributed by atoms with E-state index in [1.54, 1.807) is 13.8 Å². The zero-order chi connectivity index (χ0) is 12.1.